The molecule has 1 aromatic carbocycles. The van der Waals surface area contributed by atoms with Crippen molar-refractivity contribution < 1.29 is 4.79 Å². The number of rotatable bonds is 4. The second-order valence-corrected chi connectivity index (χ2v) is 6.93. The van der Waals surface area contributed by atoms with Gasteiger partial charge in [-0.25, -0.2) is 5.43 Å². The van der Waals surface area contributed by atoms with E-state index < -0.39 is 0 Å². The smallest absolute Gasteiger partial charge is 0.243 e. The lowest BCUT2D eigenvalue weighted by atomic mass is 10.1. The number of benzene rings is 1. The molecule has 4 rings (SSSR count). The molecule has 0 radical (unpaired) electrons. The summed E-state index contributed by atoms with van der Waals surface area (Å²) < 4.78 is 0. The van der Waals surface area contributed by atoms with Crippen molar-refractivity contribution in [1.29, 1.82) is 0 Å². The molecule has 0 bridgehead atoms. The summed E-state index contributed by atoms with van der Waals surface area (Å²) in [7, 11) is 0. The lowest BCUT2D eigenvalue weighted by molar-refractivity contribution is -0.122. The highest BCUT2D eigenvalue weighted by Crippen LogP contribution is 2.46. The molecule has 3 aromatic rings. The molecule has 0 aliphatic heterocycles. The number of fused-ring (bicyclic) bond motifs is 1. The Hall–Kier alpha value is -2.79. The summed E-state index contributed by atoms with van der Waals surface area (Å²) in [6.45, 7) is 2.01. The van der Waals surface area contributed by atoms with Gasteiger partial charge in [0.2, 0.25) is 5.91 Å². The Morgan fingerprint density at radius 1 is 1.31 bits per heavy atom. The minimum Gasteiger partial charge on any atom is -0.273 e. The predicted octanol–water partition coefficient (Wildman–Crippen LogP) is 3.85. The van der Waals surface area contributed by atoms with Crippen molar-refractivity contribution in [1.82, 2.24) is 15.4 Å². The van der Waals surface area contributed by atoms with Crippen LogP contribution in [0.5, 0.6) is 0 Å². The van der Waals surface area contributed by atoms with Crippen LogP contribution in [0.25, 0.3) is 10.9 Å². The summed E-state index contributed by atoms with van der Waals surface area (Å²) in [5, 5.41) is 5.76. The lowest BCUT2D eigenvalue weighted by Gasteiger charge is -2.03. The van der Waals surface area contributed by atoms with Crippen LogP contribution in [0.3, 0.4) is 0 Å². The molecule has 5 nitrogen and oxygen atoms in total. The first-order chi connectivity index (χ1) is 12.6. The topological polar surface area (TPSA) is 67.2 Å². The SMILES string of the molecule is Cc1cc(/C=N/NC(=O)[C@@H]2C[C@H]2c2ccc(Cl)cn2)cc2cccnc12. The number of pyridine rings is 2. The molecule has 26 heavy (non-hydrogen) atoms. The number of hydrogen-bond acceptors (Lipinski definition) is 4. The number of hydrogen-bond donors (Lipinski definition) is 1. The summed E-state index contributed by atoms with van der Waals surface area (Å²) >= 11 is 5.85. The summed E-state index contributed by atoms with van der Waals surface area (Å²) in [5.41, 5.74) is 6.51. The fourth-order valence-corrected chi connectivity index (χ4v) is 3.26. The molecule has 1 saturated carbocycles. The van der Waals surface area contributed by atoms with Crippen molar-refractivity contribution in [2.45, 2.75) is 19.3 Å². The third-order valence-electron chi connectivity index (χ3n) is 4.56. The predicted molar refractivity (Wildman–Crippen MR) is 102 cm³/mol. The van der Waals surface area contributed by atoms with Gasteiger partial charge in [-0.1, -0.05) is 17.7 Å². The second-order valence-electron chi connectivity index (χ2n) is 6.50. The number of hydrazone groups is 1. The molecule has 130 valence electrons. The first kappa shape index (κ1) is 16.7. The zero-order chi connectivity index (χ0) is 18.1. The Kier molecular flexibility index (Phi) is 4.39. The summed E-state index contributed by atoms with van der Waals surface area (Å²) in [4.78, 5) is 20.9. The average Bonchev–Trinajstić information content (AvgIpc) is 3.43. The van der Waals surface area contributed by atoms with Crippen LogP contribution in [0.1, 0.15) is 29.2 Å². The standard InChI is InChI=1S/C20H17ClN4O/c1-12-7-13(8-14-3-2-6-22-19(12)14)10-24-25-20(26)17-9-16(17)18-5-4-15(21)11-23-18/h2-8,10-11,16-17H,9H2,1H3,(H,25,26)/b24-10+/t16-,17-/m1/s1. The van der Waals surface area contributed by atoms with E-state index in [2.05, 4.69) is 20.5 Å². The number of carbonyl (C=O) groups is 1. The number of aryl methyl sites for hydroxylation is 1. The summed E-state index contributed by atoms with van der Waals surface area (Å²) in [5.74, 6) is -0.0120. The Balaban J connectivity index is 1.40. The van der Waals surface area contributed by atoms with Gasteiger partial charge in [-0.3, -0.25) is 14.8 Å². The Morgan fingerprint density at radius 3 is 3.00 bits per heavy atom. The number of halogens is 1. The zero-order valence-corrected chi connectivity index (χ0v) is 14.9. The van der Waals surface area contributed by atoms with E-state index in [-0.39, 0.29) is 17.7 Å². The number of nitrogens with one attached hydrogen (secondary N) is 1. The van der Waals surface area contributed by atoms with Crippen molar-refractivity contribution >= 4 is 34.6 Å². The van der Waals surface area contributed by atoms with Crippen LogP contribution in [0.15, 0.2) is 53.9 Å². The van der Waals surface area contributed by atoms with Gasteiger partial charge in [-0.05, 0) is 54.8 Å². The maximum Gasteiger partial charge on any atom is 0.243 e. The first-order valence-electron chi connectivity index (χ1n) is 8.41. The molecule has 0 spiro atoms. The third-order valence-corrected chi connectivity index (χ3v) is 4.79. The van der Waals surface area contributed by atoms with Crippen LogP contribution in [0, 0.1) is 12.8 Å². The zero-order valence-electron chi connectivity index (χ0n) is 14.2. The second kappa shape index (κ2) is 6.84. The van der Waals surface area contributed by atoms with E-state index in [1.54, 1.807) is 24.7 Å². The fourth-order valence-electron chi connectivity index (χ4n) is 3.15. The van der Waals surface area contributed by atoms with Crippen molar-refractivity contribution in [2.24, 2.45) is 11.0 Å². The molecule has 2 aromatic heterocycles. The van der Waals surface area contributed by atoms with Crippen molar-refractivity contribution in [3.8, 4) is 0 Å². The van der Waals surface area contributed by atoms with Gasteiger partial charge in [0.15, 0.2) is 0 Å². The number of nitrogens with zero attached hydrogens (tertiary/aromatic N) is 3. The third kappa shape index (κ3) is 3.44. The highest BCUT2D eigenvalue weighted by atomic mass is 35.5. The number of carbonyl (C=O) groups excluding carboxylic acids is 1. The van der Waals surface area contributed by atoms with Crippen molar-refractivity contribution in [3.63, 3.8) is 0 Å². The van der Waals surface area contributed by atoms with Crippen LogP contribution in [-0.4, -0.2) is 22.1 Å². The van der Waals surface area contributed by atoms with Gasteiger partial charge in [0.25, 0.3) is 0 Å². The minimum atomic E-state index is -0.0813. The van der Waals surface area contributed by atoms with E-state index in [1.807, 2.05) is 37.3 Å². The number of amides is 1. The lowest BCUT2D eigenvalue weighted by Crippen LogP contribution is -2.20. The Labute approximate surface area is 156 Å². The molecule has 1 aliphatic rings. The monoisotopic (exact) mass is 364 g/mol. The molecular formula is C20H17ClN4O. The van der Waals surface area contributed by atoms with E-state index in [9.17, 15) is 4.79 Å². The molecule has 1 aliphatic carbocycles. The van der Waals surface area contributed by atoms with Crippen LogP contribution in [-0.2, 0) is 4.79 Å². The van der Waals surface area contributed by atoms with Gasteiger partial charge < -0.3 is 0 Å². The van der Waals surface area contributed by atoms with Crippen molar-refractivity contribution in [2.75, 3.05) is 0 Å². The van der Waals surface area contributed by atoms with Gasteiger partial charge in [0.1, 0.15) is 0 Å². The van der Waals surface area contributed by atoms with Gasteiger partial charge >= 0.3 is 0 Å². The molecule has 0 saturated heterocycles. The van der Waals surface area contributed by atoms with Crippen LogP contribution >= 0.6 is 11.6 Å². The Morgan fingerprint density at radius 2 is 2.19 bits per heavy atom. The van der Waals surface area contributed by atoms with E-state index in [0.29, 0.717) is 5.02 Å². The fraction of sp³-hybridized carbons (Fsp3) is 0.200. The molecule has 1 amide bonds. The van der Waals surface area contributed by atoms with E-state index >= 15 is 0 Å². The van der Waals surface area contributed by atoms with Gasteiger partial charge in [-0.2, -0.15) is 5.10 Å². The molecule has 6 heteroatoms. The molecule has 2 heterocycles. The highest BCUT2D eigenvalue weighted by molar-refractivity contribution is 6.30. The quantitative estimate of drug-likeness (QED) is 0.565. The maximum atomic E-state index is 12.2. The van der Waals surface area contributed by atoms with Crippen LogP contribution in [0.4, 0.5) is 0 Å². The normalized spacial score (nSPS) is 19.0. The summed E-state index contributed by atoms with van der Waals surface area (Å²) in [6.07, 6.45) is 5.84. The average molecular weight is 365 g/mol. The Bertz CT molecular complexity index is 1000. The number of aromatic nitrogens is 2. The minimum absolute atomic E-state index is 0.0802. The van der Waals surface area contributed by atoms with Crippen LogP contribution < -0.4 is 5.43 Å². The highest BCUT2D eigenvalue weighted by Gasteiger charge is 2.44. The maximum absolute atomic E-state index is 12.2. The molecule has 0 unspecified atom stereocenters. The molecule has 2 atom stereocenters. The van der Waals surface area contributed by atoms with Gasteiger partial charge in [-0.15, -0.1) is 0 Å². The van der Waals surface area contributed by atoms with Gasteiger partial charge in [0, 0.05) is 35.3 Å². The van der Waals surface area contributed by atoms with Gasteiger partial charge in [0.05, 0.1) is 16.8 Å². The largest absolute Gasteiger partial charge is 0.273 e. The summed E-state index contributed by atoms with van der Waals surface area (Å²) in [6, 6.07) is 11.6. The van der Waals surface area contributed by atoms with E-state index in [0.717, 1.165) is 34.1 Å². The van der Waals surface area contributed by atoms with E-state index in [4.69, 9.17) is 11.6 Å². The molecule has 1 N–H and O–H groups in total. The first-order valence-corrected chi connectivity index (χ1v) is 8.79. The molecular weight excluding hydrogens is 348 g/mol. The van der Waals surface area contributed by atoms with Crippen LogP contribution in [0.2, 0.25) is 5.02 Å². The molecule has 1 fully saturated rings. The van der Waals surface area contributed by atoms with E-state index in [1.165, 1.54) is 0 Å². The van der Waals surface area contributed by atoms with Crippen molar-refractivity contribution in [3.05, 3.63) is 70.6 Å².